The van der Waals surface area contributed by atoms with Crippen molar-refractivity contribution in [3.8, 4) is 0 Å². The van der Waals surface area contributed by atoms with Gasteiger partial charge in [-0.15, -0.1) is 0 Å². The molecular formula is C15H24O5. The van der Waals surface area contributed by atoms with Crippen LogP contribution in [0.1, 0.15) is 44.9 Å². The smallest absolute Gasteiger partial charge is 0.143 e. The lowest BCUT2D eigenvalue weighted by molar-refractivity contribution is -0.181. The molecule has 114 valence electrons. The summed E-state index contributed by atoms with van der Waals surface area (Å²) in [7, 11) is 0. The van der Waals surface area contributed by atoms with Gasteiger partial charge in [-0.2, -0.15) is 0 Å². The maximum Gasteiger partial charge on any atom is 0.143 e. The molecule has 5 heteroatoms. The zero-order valence-electron chi connectivity index (χ0n) is 11.6. The predicted octanol–water partition coefficient (Wildman–Crippen LogP) is 0.396. The number of hydrogen-bond donors (Lipinski definition) is 3. The summed E-state index contributed by atoms with van der Waals surface area (Å²) < 4.78 is 6.05. The van der Waals surface area contributed by atoms with E-state index in [1.807, 2.05) is 0 Å². The van der Waals surface area contributed by atoms with Crippen LogP contribution in [0, 0.1) is 11.8 Å². The number of Topliss-reactive ketones (excluding diaryl/α,β-unsaturated/α-hetero) is 1. The highest BCUT2D eigenvalue weighted by Gasteiger charge is 2.47. The molecule has 2 aliphatic carbocycles. The standard InChI is InChI=1S/C15H24O5/c16-9-3-1-8(2-4-9)13-7-12(19)15-11(18)5-10(17)6-14(15)20-13/h8-11,13-18H,1-7H2. The molecule has 0 aromatic heterocycles. The summed E-state index contributed by atoms with van der Waals surface area (Å²) in [4.78, 5) is 12.3. The zero-order chi connectivity index (χ0) is 14.3. The van der Waals surface area contributed by atoms with Gasteiger partial charge in [-0.1, -0.05) is 0 Å². The molecule has 1 saturated heterocycles. The van der Waals surface area contributed by atoms with Gasteiger partial charge in [-0.3, -0.25) is 4.79 Å². The van der Waals surface area contributed by atoms with E-state index in [2.05, 4.69) is 0 Å². The van der Waals surface area contributed by atoms with E-state index < -0.39 is 18.1 Å². The molecule has 3 rings (SSSR count). The number of ether oxygens (including phenoxy) is 1. The lowest BCUT2D eigenvalue weighted by Gasteiger charge is -2.45. The summed E-state index contributed by atoms with van der Waals surface area (Å²) in [5.74, 6) is -0.0554. The Morgan fingerprint density at radius 2 is 1.60 bits per heavy atom. The highest BCUT2D eigenvalue weighted by Crippen LogP contribution is 2.39. The molecule has 3 N–H and O–H groups in total. The lowest BCUT2D eigenvalue weighted by atomic mass is 9.73. The van der Waals surface area contributed by atoms with Crippen molar-refractivity contribution in [2.75, 3.05) is 0 Å². The third kappa shape index (κ3) is 2.77. The number of aliphatic hydroxyl groups is 3. The van der Waals surface area contributed by atoms with Crippen LogP contribution in [0.5, 0.6) is 0 Å². The molecule has 1 heterocycles. The van der Waals surface area contributed by atoms with E-state index in [0.717, 1.165) is 25.7 Å². The second-order valence-electron chi connectivity index (χ2n) is 6.67. The first-order valence-electron chi connectivity index (χ1n) is 7.77. The Morgan fingerprint density at radius 3 is 2.30 bits per heavy atom. The minimum atomic E-state index is -0.773. The van der Waals surface area contributed by atoms with Crippen molar-refractivity contribution in [3.05, 3.63) is 0 Å². The summed E-state index contributed by atoms with van der Waals surface area (Å²) in [5.41, 5.74) is 0. The van der Waals surface area contributed by atoms with Crippen LogP contribution < -0.4 is 0 Å². The van der Waals surface area contributed by atoms with E-state index in [1.165, 1.54) is 0 Å². The van der Waals surface area contributed by atoms with Crippen molar-refractivity contribution in [2.45, 2.75) is 75.5 Å². The molecule has 5 nitrogen and oxygen atoms in total. The fraction of sp³-hybridized carbons (Fsp3) is 0.933. The highest BCUT2D eigenvalue weighted by atomic mass is 16.5. The van der Waals surface area contributed by atoms with Crippen LogP contribution in [-0.4, -0.2) is 51.6 Å². The lowest BCUT2D eigenvalue weighted by Crippen LogP contribution is -2.54. The van der Waals surface area contributed by atoms with Crippen LogP contribution >= 0.6 is 0 Å². The van der Waals surface area contributed by atoms with Crippen molar-refractivity contribution in [2.24, 2.45) is 11.8 Å². The van der Waals surface area contributed by atoms with Gasteiger partial charge in [-0.05, 0) is 31.6 Å². The maximum absolute atomic E-state index is 12.3. The maximum atomic E-state index is 12.3. The van der Waals surface area contributed by atoms with E-state index >= 15 is 0 Å². The van der Waals surface area contributed by atoms with E-state index in [1.54, 1.807) is 0 Å². The minimum absolute atomic E-state index is 0.0803. The first kappa shape index (κ1) is 14.4. The van der Waals surface area contributed by atoms with E-state index in [0.29, 0.717) is 18.8 Å². The average Bonchev–Trinajstić information content (AvgIpc) is 2.38. The molecule has 2 saturated carbocycles. The second kappa shape index (κ2) is 5.72. The van der Waals surface area contributed by atoms with Gasteiger partial charge in [0.1, 0.15) is 5.78 Å². The Balaban J connectivity index is 1.67. The van der Waals surface area contributed by atoms with Crippen molar-refractivity contribution >= 4 is 5.78 Å². The SMILES string of the molecule is O=C1CC(C2CCC(O)CC2)OC2CC(O)CC(O)C12. The third-order valence-corrected chi connectivity index (χ3v) is 5.22. The molecule has 1 aliphatic heterocycles. The van der Waals surface area contributed by atoms with Gasteiger partial charge < -0.3 is 20.1 Å². The van der Waals surface area contributed by atoms with Gasteiger partial charge in [-0.25, -0.2) is 0 Å². The molecule has 0 aromatic rings. The van der Waals surface area contributed by atoms with Gasteiger partial charge in [0.2, 0.25) is 0 Å². The number of carbonyl (C=O) groups excluding carboxylic acids is 1. The summed E-state index contributed by atoms with van der Waals surface area (Å²) in [6.07, 6.45) is 2.41. The predicted molar refractivity (Wildman–Crippen MR) is 71.0 cm³/mol. The van der Waals surface area contributed by atoms with E-state index in [4.69, 9.17) is 4.74 Å². The Bertz CT molecular complexity index is 363. The molecule has 0 spiro atoms. The van der Waals surface area contributed by atoms with Crippen molar-refractivity contribution in [1.29, 1.82) is 0 Å². The fourth-order valence-corrected chi connectivity index (χ4v) is 4.10. The molecule has 0 aromatic carbocycles. The molecule has 3 fully saturated rings. The van der Waals surface area contributed by atoms with E-state index in [-0.39, 0.29) is 30.5 Å². The monoisotopic (exact) mass is 284 g/mol. The third-order valence-electron chi connectivity index (χ3n) is 5.22. The molecular weight excluding hydrogens is 260 g/mol. The highest BCUT2D eigenvalue weighted by molar-refractivity contribution is 5.83. The van der Waals surface area contributed by atoms with Gasteiger partial charge >= 0.3 is 0 Å². The first-order valence-corrected chi connectivity index (χ1v) is 7.77. The Morgan fingerprint density at radius 1 is 0.900 bits per heavy atom. The molecule has 5 unspecified atom stereocenters. The van der Waals surface area contributed by atoms with Crippen molar-refractivity contribution < 1.29 is 24.9 Å². The van der Waals surface area contributed by atoms with Crippen LogP contribution in [-0.2, 0) is 9.53 Å². The Labute approximate surface area is 118 Å². The molecule has 3 aliphatic rings. The summed E-state index contributed by atoms with van der Waals surface area (Å²) in [6, 6.07) is 0. The number of hydrogen-bond acceptors (Lipinski definition) is 5. The minimum Gasteiger partial charge on any atom is -0.393 e. The molecule has 5 atom stereocenters. The molecule has 0 radical (unpaired) electrons. The fourth-order valence-electron chi connectivity index (χ4n) is 4.10. The summed E-state index contributed by atoms with van der Waals surface area (Å²) in [5, 5.41) is 29.3. The van der Waals surface area contributed by atoms with Gasteiger partial charge in [0.25, 0.3) is 0 Å². The van der Waals surface area contributed by atoms with Gasteiger partial charge in [0, 0.05) is 19.3 Å². The normalized spacial score (nSPS) is 49.8. The number of rotatable bonds is 1. The Hall–Kier alpha value is -0.490. The first-order chi connectivity index (χ1) is 9.54. The Kier molecular flexibility index (Phi) is 4.13. The number of carbonyl (C=O) groups is 1. The number of ketones is 1. The van der Waals surface area contributed by atoms with Crippen LogP contribution in [0.25, 0.3) is 0 Å². The average molecular weight is 284 g/mol. The molecule has 20 heavy (non-hydrogen) atoms. The van der Waals surface area contributed by atoms with E-state index in [9.17, 15) is 20.1 Å². The summed E-state index contributed by atoms with van der Waals surface area (Å²) in [6.45, 7) is 0. The summed E-state index contributed by atoms with van der Waals surface area (Å²) >= 11 is 0. The van der Waals surface area contributed by atoms with Gasteiger partial charge in [0.15, 0.2) is 0 Å². The van der Waals surface area contributed by atoms with Crippen LogP contribution in [0.3, 0.4) is 0 Å². The molecule has 0 bridgehead atoms. The largest absolute Gasteiger partial charge is 0.393 e. The quantitative estimate of drug-likeness (QED) is 0.648. The van der Waals surface area contributed by atoms with Crippen LogP contribution in [0.4, 0.5) is 0 Å². The topological polar surface area (TPSA) is 87.0 Å². The van der Waals surface area contributed by atoms with Crippen LogP contribution in [0.2, 0.25) is 0 Å². The van der Waals surface area contributed by atoms with Crippen molar-refractivity contribution in [1.82, 2.24) is 0 Å². The van der Waals surface area contributed by atoms with Crippen LogP contribution in [0.15, 0.2) is 0 Å². The second-order valence-corrected chi connectivity index (χ2v) is 6.67. The van der Waals surface area contributed by atoms with Gasteiger partial charge in [0.05, 0.1) is 36.4 Å². The zero-order valence-corrected chi connectivity index (χ0v) is 11.6. The van der Waals surface area contributed by atoms with Crippen molar-refractivity contribution in [3.63, 3.8) is 0 Å². The number of aliphatic hydroxyl groups excluding tert-OH is 3. The number of fused-ring (bicyclic) bond motifs is 1. The molecule has 0 amide bonds.